The summed E-state index contributed by atoms with van der Waals surface area (Å²) in [7, 11) is 0. The smallest absolute Gasteiger partial charge is 0.404 e. The lowest BCUT2D eigenvalue weighted by Gasteiger charge is -2.14. The lowest BCUT2D eigenvalue weighted by molar-refractivity contribution is 0.155. The van der Waals surface area contributed by atoms with Crippen LogP contribution in [0.1, 0.15) is 43.3 Å². The van der Waals surface area contributed by atoms with Crippen molar-refractivity contribution in [3.63, 3.8) is 0 Å². The van der Waals surface area contributed by atoms with Gasteiger partial charge in [0.15, 0.2) is 0 Å². The molecule has 31 heavy (non-hydrogen) atoms. The molecule has 1 amide bonds. The Morgan fingerprint density at radius 1 is 1.23 bits per heavy atom. The van der Waals surface area contributed by atoms with Gasteiger partial charge >= 0.3 is 6.09 Å². The molecular formula is C23H27ClN4O2S. The largest absolute Gasteiger partial charge is 0.450 e. The van der Waals surface area contributed by atoms with Crippen molar-refractivity contribution < 1.29 is 9.53 Å². The number of rotatable bonds is 9. The number of benzene rings is 2. The van der Waals surface area contributed by atoms with E-state index in [2.05, 4.69) is 24.5 Å². The molecule has 0 aliphatic rings. The van der Waals surface area contributed by atoms with Crippen molar-refractivity contribution in [1.82, 2.24) is 9.55 Å². The fourth-order valence-electron chi connectivity index (χ4n) is 3.26. The molecule has 0 aliphatic carbocycles. The first-order chi connectivity index (χ1) is 14.8. The summed E-state index contributed by atoms with van der Waals surface area (Å²) in [5.41, 5.74) is 13.9. The molecule has 3 aromatic rings. The van der Waals surface area contributed by atoms with Crippen LogP contribution in [0.15, 0.2) is 58.5 Å². The second-order valence-electron chi connectivity index (χ2n) is 7.53. The van der Waals surface area contributed by atoms with E-state index in [1.54, 1.807) is 11.8 Å². The molecule has 0 spiro atoms. The zero-order valence-corrected chi connectivity index (χ0v) is 19.2. The number of hydrogen-bond acceptors (Lipinski definition) is 5. The fourth-order valence-corrected chi connectivity index (χ4v) is 4.74. The Bertz CT molecular complexity index is 1050. The number of aryl methyl sites for hydroxylation is 1. The molecule has 1 aromatic heterocycles. The van der Waals surface area contributed by atoms with Crippen LogP contribution >= 0.6 is 23.4 Å². The van der Waals surface area contributed by atoms with Gasteiger partial charge in [-0.3, -0.25) is 0 Å². The van der Waals surface area contributed by atoms with E-state index in [-0.39, 0.29) is 12.5 Å². The van der Waals surface area contributed by atoms with Crippen molar-refractivity contribution in [1.29, 1.82) is 0 Å². The van der Waals surface area contributed by atoms with Crippen molar-refractivity contribution in [2.75, 3.05) is 12.3 Å². The summed E-state index contributed by atoms with van der Waals surface area (Å²) in [6, 6.07) is 15.7. The highest BCUT2D eigenvalue weighted by atomic mass is 35.5. The summed E-state index contributed by atoms with van der Waals surface area (Å²) in [5, 5.41) is 1.77. The van der Waals surface area contributed by atoms with E-state index in [0.29, 0.717) is 24.4 Å². The Morgan fingerprint density at radius 3 is 2.68 bits per heavy atom. The minimum absolute atomic E-state index is 0.240. The van der Waals surface area contributed by atoms with E-state index < -0.39 is 6.09 Å². The number of amides is 1. The van der Waals surface area contributed by atoms with Crippen LogP contribution in [0.3, 0.4) is 0 Å². The molecule has 3 rings (SSSR count). The van der Waals surface area contributed by atoms with E-state index in [4.69, 9.17) is 32.8 Å². The molecule has 2 aromatic carbocycles. The summed E-state index contributed by atoms with van der Waals surface area (Å²) in [6.07, 6.45) is 0.532. The Kier molecular flexibility index (Phi) is 7.87. The van der Waals surface area contributed by atoms with Crippen LogP contribution in [-0.4, -0.2) is 22.3 Å². The van der Waals surface area contributed by atoms with Crippen LogP contribution < -0.4 is 11.5 Å². The van der Waals surface area contributed by atoms with E-state index >= 15 is 0 Å². The van der Waals surface area contributed by atoms with Crippen LogP contribution in [0, 0.1) is 0 Å². The van der Waals surface area contributed by atoms with Gasteiger partial charge < -0.3 is 20.8 Å². The minimum Gasteiger partial charge on any atom is -0.450 e. The predicted octanol–water partition coefficient (Wildman–Crippen LogP) is 5.47. The number of nitrogens with zero attached hydrogens (tertiary/aromatic N) is 2. The lowest BCUT2D eigenvalue weighted by Crippen LogP contribution is -2.14. The fraction of sp³-hybridized carbons (Fsp3) is 0.304. The van der Waals surface area contributed by atoms with Crippen molar-refractivity contribution >= 4 is 35.1 Å². The number of primary amides is 1. The van der Waals surface area contributed by atoms with Crippen molar-refractivity contribution in [2.45, 2.75) is 49.1 Å². The van der Waals surface area contributed by atoms with Crippen molar-refractivity contribution in [2.24, 2.45) is 5.73 Å². The maximum Gasteiger partial charge on any atom is 0.404 e. The lowest BCUT2D eigenvalue weighted by atomic mass is 10.1. The van der Waals surface area contributed by atoms with E-state index in [1.165, 1.54) is 0 Å². The Balaban J connectivity index is 1.99. The molecule has 0 unspecified atom stereocenters. The van der Waals surface area contributed by atoms with Gasteiger partial charge in [-0.2, -0.15) is 0 Å². The van der Waals surface area contributed by atoms with Gasteiger partial charge in [0.1, 0.15) is 10.9 Å². The molecule has 0 bridgehead atoms. The van der Waals surface area contributed by atoms with E-state index in [0.717, 1.165) is 32.7 Å². The SMILES string of the molecule is CC(C)c1nc(CCCOC(N)=O)n(Cc2cccc(N)c2)c1Sc1cccc(Cl)c1. The van der Waals surface area contributed by atoms with E-state index in [9.17, 15) is 4.79 Å². The summed E-state index contributed by atoms with van der Waals surface area (Å²) < 4.78 is 7.12. The number of carbonyl (C=O) groups excluding carboxylic acids is 1. The minimum atomic E-state index is -0.761. The van der Waals surface area contributed by atoms with E-state index in [1.807, 2.05) is 42.5 Å². The molecule has 0 saturated heterocycles. The maximum absolute atomic E-state index is 10.9. The summed E-state index contributed by atoms with van der Waals surface area (Å²) >= 11 is 7.87. The first kappa shape index (κ1) is 23.0. The number of halogens is 1. The van der Waals surface area contributed by atoms with Crippen molar-refractivity contribution in [3.05, 3.63) is 70.6 Å². The highest BCUT2D eigenvalue weighted by molar-refractivity contribution is 7.99. The van der Waals surface area contributed by atoms with Crippen LogP contribution in [0.2, 0.25) is 5.02 Å². The Morgan fingerprint density at radius 2 is 2.00 bits per heavy atom. The normalized spacial score (nSPS) is 11.1. The molecule has 164 valence electrons. The third-order valence-electron chi connectivity index (χ3n) is 4.66. The average Bonchev–Trinajstić information content (AvgIpc) is 3.03. The third-order valence-corrected chi connectivity index (χ3v) is 6.01. The number of carbonyl (C=O) groups is 1. The van der Waals surface area contributed by atoms with Crippen LogP contribution in [0.4, 0.5) is 10.5 Å². The molecule has 8 heteroatoms. The first-order valence-electron chi connectivity index (χ1n) is 10.1. The van der Waals surface area contributed by atoms with Gasteiger partial charge in [0.05, 0.1) is 12.3 Å². The quantitative estimate of drug-likeness (QED) is 0.327. The highest BCUT2D eigenvalue weighted by Crippen LogP contribution is 2.36. The second-order valence-corrected chi connectivity index (χ2v) is 9.03. The van der Waals surface area contributed by atoms with Gasteiger partial charge in [-0.05, 0) is 48.2 Å². The Labute approximate surface area is 191 Å². The van der Waals surface area contributed by atoms with Gasteiger partial charge in [0, 0.05) is 28.6 Å². The molecule has 0 radical (unpaired) electrons. The number of hydrogen-bond donors (Lipinski definition) is 2. The highest BCUT2D eigenvalue weighted by Gasteiger charge is 2.21. The molecule has 0 fully saturated rings. The standard InChI is InChI=1S/C23H27ClN4O2S/c1-15(2)21-22(31-19-9-4-7-17(24)13-19)28(14-16-6-3-8-18(25)12-16)20(27-21)10-5-11-30-23(26)29/h3-4,6-9,12-13,15H,5,10-11,14,25H2,1-2H3,(H2,26,29). The molecular weight excluding hydrogens is 432 g/mol. The molecule has 6 nitrogen and oxygen atoms in total. The maximum atomic E-state index is 10.9. The number of anilines is 1. The van der Waals surface area contributed by atoms with Gasteiger partial charge in [-0.15, -0.1) is 0 Å². The number of imidazole rings is 1. The molecule has 0 aliphatic heterocycles. The summed E-state index contributed by atoms with van der Waals surface area (Å²) in [5.74, 6) is 1.17. The average molecular weight is 459 g/mol. The predicted molar refractivity (Wildman–Crippen MR) is 126 cm³/mol. The van der Waals surface area contributed by atoms with Crippen LogP contribution in [0.25, 0.3) is 0 Å². The number of ether oxygens (including phenoxy) is 1. The molecule has 0 saturated carbocycles. The molecule has 1 heterocycles. The Hall–Kier alpha value is -2.64. The zero-order valence-electron chi connectivity index (χ0n) is 17.7. The number of aromatic nitrogens is 2. The number of nitrogens with two attached hydrogens (primary N) is 2. The van der Waals surface area contributed by atoms with Crippen molar-refractivity contribution in [3.8, 4) is 0 Å². The molecule has 0 atom stereocenters. The van der Waals surface area contributed by atoms with Gasteiger partial charge in [0.25, 0.3) is 0 Å². The number of nitrogen functional groups attached to an aromatic ring is 1. The third kappa shape index (κ3) is 6.42. The van der Waals surface area contributed by atoms with Gasteiger partial charge in [0.2, 0.25) is 0 Å². The van der Waals surface area contributed by atoms with Gasteiger partial charge in [-0.25, -0.2) is 9.78 Å². The van der Waals surface area contributed by atoms with Crippen LogP contribution in [0.5, 0.6) is 0 Å². The second kappa shape index (κ2) is 10.6. The van der Waals surface area contributed by atoms with Crippen LogP contribution in [-0.2, 0) is 17.7 Å². The topological polar surface area (TPSA) is 96.2 Å². The first-order valence-corrected chi connectivity index (χ1v) is 11.3. The monoisotopic (exact) mass is 458 g/mol. The summed E-state index contributed by atoms with van der Waals surface area (Å²) in [6.45, 7) is 5.16. The summed E-state index contributed by atoms with van der Waals surface area (Å²) in [4.78, 5) is 16.9. The zero-order chi connectivity index (χ0) is 22.4. The molecule has 4 N–H and O–H groups in total. The van der Waals surface area contributed by atoms with Gasteiger partial charge in [-0.1, -0.05) is 55.4 Å².